The van der Waals surface area contributed by atoms with Crippen molar-refractivity contribution in [1.29, 1.82) is 0 Å². The Morgan fingerprint density at radius 1 is 0.950 bits per heavy atom. The fraction of sp³-hybridized carbons (Fsp3) is 0.0625. The lowest BCUT2D eigenvalue weighted by atomic mass is 10.1. The smallest absolute Gasteiger partial charge is 0.343 e. The zero-order valence-electron chi connectivity index (χ0n) is 10.8. The van der Waals surface area contributed by atoms with Gasteiger partial charge in [0, 0.05) is 0 Å². The van der Waals surface area contributed by atoms with Gasteiger partial charge in [0.1, 0.15) is 5.75 Å². The predicted molar refractivity (Wildman–Crippen MR) is 73.0 cm³/mol. The van der Waals surface area contributed by atoms with E-state index in [1.165, 1.54) is 12.1 Å². The van der Waals surface area contributed by atoms with Gasteiger partial charge in [0.05, 0.1) is 11.1 Å². The molecular weight excluding hydrogens is 256 g/mol. The van der Waals surface area contributed by atoms with Crippen molar-refractivity contribution in [3.63, 3.8) is 0 Å². The summed E-state index contributed by atoms with van der Waals surface area (Å²) >= 11 is 0. The second kappa shape index (κ2) is 5.93. The van der Waals surface area contributed by atoms with E-state index in [0.29, 0.717) is 5.56 Å². The van der Waals surface area contributed by atoms with E-state index in [9.17, 15) is 14.4 Å². The molecule has 2 rings (SSSR count). The van der Waals surface area contributed by atoms with Crippen molar-refractivity contribution < 1.29 is 19.1 Å². The zero-order valence-corrected chi connectivity index (χ0v) is 10.8. The number of hydrogen-bond acceptors (Lipinski definition) is 4. The molecule has 0 aliphatic carbocycles. The number of para-hydroxylation sites is 1. The summed E-state index contributed by atoms with van der Waals surface area (Å²) in [6.07, 6.45) is 0.195. The van der Waals surface area contributed by atoms with E-state index in [1.807, 2.05) is 6.07 Å². The van der Waals surface area contributed by atoms with Crippen LogP contribution in [0.2, 0.25) is 0 Å². The highest BCUT2D eigenvalue weighted by Gasteiger charge is 2.16. The highest BCUT2D eigenvalue weighted by atomic mass is 16.5. The van der Waals surface area contributed by atoms with Crippen molar-refractivity contribution in [1.82, 2.24) is 0 Å². The molecule has 0 heterocycles. The van der Waals surface area contributed by atoms with Crippen molar-refractivity contribution in [2.24, 2.45) is 0 Å². The number of carbonyl (C=O) groups excluding carboxylic acids is 3. The molecule has 4 heteroatoms. The number of carbonyl (C=O) groups is 3. The SMILES string of the molecule is Cc1ccccc1C(=O)Oc1ccccc1C(=O)C=O. The van der Waals surface area contributed by atoms with E-state index >= 15 is 0 Å². The van der Waals surface area contributed by atoms with Gasteiger partial charge in [-0.2, -0.15) is 0 Å². The summed E-state index contributed by atoms with van der Waals surface area (Å²) in [6.45, 7) is 1.79. The Balaban J connectivity index is 2.31. The fourth-order valence-corrected chi connectivity index (χ4v) is 1.78. The van der Waals surface area contributed by atoms with Crippen LogP contribution in [0.5, 0.6) is 5.75 Å². The lowest BCUT2D eigenvalue weighted by Crippen LogP contribution is -2.13. The van der Waals surface area contributed by atoms with Gasteiger partial charge in [-0.05, 0) is 30.7 Å². The highest BCUT2D eigenvalue weighted by Crippen LogP contribution is 2.20. The van der Waals surface area contributed by atoms with Crippen LogP contribution >= 0.6 is 0 Å². The Morgan fingerprint density at radius 2 is 1.55 bits per heavy atom. The molecule has 0 spiro atoms. The highest BCUT2D eigenvalue weighted by molar-refractivity contribution is 6.34. The topological polar surface area (TPSA) is 60.4 Å². The molecule has 0 aliphatic rings. The Bertz CT molecular complexity index is 674. The maximum absolute atomic E-state index is 12.1. The molecule has 0 atom stereocenters. The van der Waals surface area contributed by atoms with Gasteiger partial charge in [-0.25, -0.2) is 4.79 Å². The van der Waals surface area contributed by atoms with Gasteiger partial charge in [-0.15, -0.1) is 0 Å². The minimum atomic E-state index is -0.724. The average Bonchev–Trinajstić information content (AvgIpc) is 2.47. The third kappa shape index (κ3) is 2.80. The van der Waals surface area contributed by atoms with Crippen LogP contribution in [0.25, 0.3) is 0 Å². The van der Waals surface area contributed by atoms with E-state index < -0.39 is 11.8 Å². The standard InChI is InChI=1S/C16H12O4/c1-11-6-2-3-7-12(11)16(19)20-15-9-5-4-8-13(15)14(18)10-17/h2-10H,1H3. The van der Waals surface area contributed by atoms with Gasteiger partial charge in [0.25, 0.3) is 0 Å². The summed E-state index contributed by atoms with van der Waals surface area (Å²) in [4.78, 5) is 34.1. The van der Waals surface area contributed by atoms with Crippen molar-refractivity contribution in [3.8, 4) is 5.75 Å². The van der Waals surface area contributed by atoms with Gasteiger partial charge < -0.3 is 4.74 Å². The van der Waals surface area contributed by atoms with Crippen molar-refractivity contribution in [2.75, 3.05) is 0 Å². The number of rotatable bonds is 4. The quantitative estimate of drug-likeness (QED) is 0.281. The maximum atomic E-state index is 12.1. The Hall–Kier alpha value is -2.75. The number of aryl methyl sites for hydroxylation is 1. The Morgan fingerprint density at radius 3 is 2.20 bits per heavy atom. The monoisotopic (exact) mass is 268 g/mol. The normalized spacial score (nSPS) is 9.85. The van der Waals surface area contributed by atoms with E-state index in [0.717, 1.165) is 5.56 Å². The molecule has 0 bridgehead atoms. The van der Waals surface area contributed by atoms with Crippen LogP contribution in [0.15, 0.2) is 48.5 Å². The van der Waals surface area contributed by atoms with Gasteiger partial charge in [-0.1, -0.05) is 30.3 Å². The minimum Gasteiger partial charge on any atom is -0.422 e. The van der Waals surface area contributed by atoms with Crippen molar-refractivity contribution in [3.05, 3.63) is 65.2 Å². The molecule has 4 nitrogen and oxygen atoms in total. The molecule has 0 unspecified atom stereocenters. The van der Waals surface area contributed by atoms with E-state index in [1.54, 1.807) is 37.3 Å². The summed E-state index contributed by atoms with van der Waals surface area (Å²) in [5, 5.41) is 0. The van der Waals surface area contributed by atoms with Crippen LogP contribution in [0, 0.1) is 6.92 Å². The van der Waals surface area contributed by atoms with Crippen LogP contribution in [0.1, 0.15) is 26.3 Å². The Labute approximate surface area is 116 Å². The van der Waals surface area contributed by atoms with E-state index in [2.05, 4.69) is 0 Å². The molecule has 0 aliphatic heterocycles. The first-order chi connectivity index (χ1) is 9.63. The molecule has 100 valence electrons. The summed E-state index contributed by atoms with van der Waals surface area (Å²) in [7, 11) is 0. The molecule has 0 aromatic heterocycles. The minimum absolute atomic E-state index is 0.0736. The lowest BCUT2D eigenvalue weighted by Gasteiger charge is -2.08. The largest absolute Gasteiger partial charge is 0.422 e. The lowest BCUT2D eigenvalue weighted by molar-refractivity contribution is -0.104. The van der Waals surface area contributed by atoms with Crippen LogP contribution in [0.3, 0.4) is 0 Å². The molecule has 0 saturated heterocycles. The van der Waals surface area contributed by atoms with E-state index in [4.69, 9.17) is 4.74 Å². The maximum Gasteiger partial charge on any atom is 0.343 e. The molecule has 0 radical (unpaired) electrons. The van der Waals surface area contributed by atoms with Crippen molar-refractivity contribution in [2.45, 2.75) is 6.92 Å². The molecule has 0 saturated carbocycles. The zero-order chi connectivity index (χ0) is 14.5. The van der Waals surface area contributed by atoms with Crippen LogP contribution in [-0.4, -0.2) is 18.0 Å². The molecule has 0 amide bonds. The first-order valence-corrected chi connectivity index (χ1v) is 6.00. The van der Waals surface area contributed by atoms with Crippen LogP contribution < -0.4 is 4.74 Å². The predicted octanol–water partition coefficient (Wildman–Crippen LogP) is 2.60. The molecular formula is C16H12O4. The molecule has 0 fully saturated rings. The number of ketones is 1. The second-order valence-corrected chi connectivity index (χ2v) is 4.18. The molecule has 2 aromatic carbocycles. The average molecular weight is 268 g/mol. The van der Waals surface area contributed by atoms with Crippen LogP contribution in [0.4, 0.5) is 0 Å². The molecule has 20 heavy (non-hydrogen) atoms. The fourth-order valence-electron chi connectivity index (χ4n) is 1.78. The Kier molecular flexibility index (Phi) is 4.05. The number of ether oxygens (including phenoxy) is 1. The molecule has 0 N–H and O–H groups in total. The van der Waals surface area contributed by atoms with Crippen LogP contribution in [-0.2, 0) is 4.79 Å². The van der Waals surface area contributed by atoms with Gasteiger partial charge in [-0.3, -0.25) is 9.59 Å². The first kappa shape index (κ1) is 13.7. The summed E-state index contributed by atoms with van der Waals surface area (Å²) < 4.78 is 5.22. The number of esters is 1. The molecule has 2 aromatic rings. The summed E-state index contributed by atoms with van der Waals surface area (Å²) in [5.41, 5.74) is 1.27. The second-order valence-electron chi connectivity index (χ2n) is 4.18. The number of hydrogen-bond donors (Lipinski definition) is 0. The first-order valence-electron chi connectivity index (χ1n) is 6.00. The van der Waals surface area contributed by atoms with Gasteiger partial charge in [0.2, 0.25) is 5.78 Å². The van der Waals surface area contributed by atoms with Gasteiger partial charge in [0.15, 0.2) is 6.29 Å². The summed E-state index contributed by atoms with van der Waals surface area (Å²) in [6, 6.07) is 13.1. The third-order valence-electron chi connectivity index (χ3n) is 2.83. The third-order valence-corrected chi connectivity index (χ3v) is 2.83. The van der Waals surface area contributed by atoms with Crippen molar-refractivity contribution >= 4 is 18.0 Å². The van der Waals surface area contributed by atoms with E-state index in [-0.39, 0.29) is 17.6 Å². The van der Waals surface area contributed by atoms with Gasteiger partial charge >= 0.3 is 5.97 Å². The number of aldehydes is 1. The summed E-state index contributed by atoms with van der Waals surface area (Å²) in [5.74, 6) is -1.20. The number of Topliss-reactive ketones (excluding diaryl/α,β-unsaturated/α-hetero) is 1. The number of benzene rings is 2.